The Morgan fingerprint density at radius 2 is 1.91 bits per heavy atom. The van der Waals surface area contributed by atoms with Gasteiger partial charge in [-0.1, -0.05) is 49.3 Å². The predicted molar refractivity (Wildman–Crippen MR) is 137 cm³/mol. The molecule has 0 aromatic rings. The molecule has 6 atom stereocenters. The van der Waals surface area contributed by atoms with Gasteiger partial charge < -0.3 is 36.3 Å². The third kappa shape index (κ3) is 9.43. The minimum absolute atomic E-state index is 0.0136. The molecule has 1 aliphatic rings. The zero-order chi connectivity index (χ0) is 25.8. The molecule has 7 N–H and O–H groups in total. The molecule has 196 valence electrons. The Morgan fingerprint density at radius 1 is 1.26 bits per heavy atom. The molecule has 0 aromatic heterocycles. The average Bonchev–Trinajstić information content (AvgIpc) is 3.08. The Hall–Kier alpha value is -1.83. The number of carboxylic acid groups (broad SMARTS) is 1. The summed E-state index contributed by atoms with van der Waals surface area (Å²) < 4.78 is 12.3. The number of alkyl halides is 1. The molecule has 0 heterocycles. The summed E-state index contributed by atoms with van der Waals surface area (Å²) >= 11 is 2.27. The van der Waals surface area contributed by atoms with Crippen LogP contribution in [0.5, 0.6) is 0 Å². The number of nitrogens with two attached hydrogens (primary N) is 1. The molecule has 11 nitrogen and oxygen atoms in total. The second-order valence-electron chi connectivity index (χ2n) is 8.68. The number of guanidine groups is 1. The molecule has 0 spiro atoms. The molecule has 0 aliphatic heterocycles. The minimum atomic E-state index is -1.11. The number of alkyl carbamates (subject to hydrolysis) is 1. The highest BCUT2D eigenvalue weighted by Crippen LogP contribution is 2.40. The lowest BCUT2D eigenvalue weighted by molar-refractivity contribution is -0.145. The standard InChI is InChI=1S/C22H40IN5O6/c1-5-14(6-2)18(27-13(4)29)17-16(28-21(24)25)11-15(20(30)31)19(17)34-22(32)26-9-10-33-12(3)7-8-23/h12,14-19H,5-11H2,1-4H3,(H,26,32)(H,27,29)(H,30,31)(H4,24,25,28)/t12?,15-,16+,17+,18+,19+/m0/s1. The van der Waals surface area contributed by atoms with Crippen molar-refractivity contribution in [3.63, 3.8) is 0 Å². The van der Waals surface area contributed by atoms with Crippen LogP contribution in [-0.4, -0.2) is 70.9 Å². The van der Waals surface area contributed by atoms with E-state index in [2.05, 4.69) is 38.5 Å². The minimum Gasteiger partial charge on any atom is -0.481 e. The normalized spacial score (nSPS) is 23.7. The van der Waals surface area contributed by atoms with Crippen LogP contribution in [0.15, 0.2) is 0 Å². The Balaban J connectivity index is 3.11. The molecule has 0 aromatic carbocycles. The van der Waals surface area contributed by atoms with Gasteiger partial charge >= 0.3 is 12.1 Å². The summed E-state index contributed by atoms with van der Waals surface area (Å²) in [6.45, 7) is 7.85. The molecule has 1 rings (SSSR count). The van der Waals surface area contributed by atoms with E-state index >= 15 is 0 Å². The van der Waals surface area contributed by atoms with E-state index in [1.807, 2.05) is 20.8 Å². The summed E-state index contributed by atoms with van der Waals surface area (Å²) in [5, 5.41) is 26.0. The van der Waals surface area contributed by atoms with E-state index in [0.717, 1.165) is 23.7 Å². The lowest BCUT2D eigenvalue weighted by Crippen LogP contribution is -2.55. The fraction of sp³-hybridized carbons (Fsp3) is 0.818. The summed E-state index contributed by atoms with van der Waals surface area (Å²) in [5.74, 6) is -3.29. The highest BCUT2D eigenvalue weighted by molar-refractivity contribution is 14.1. The Bertz CT molecular complexity index is 693. The van der Waals surface area contributed by atoms with E-state index in [0.29, 0.717) is 6.61 Å². The van der Waals surface area contributed by atoms with Gasteiger partial charge in [0.25, 0.3) is 0 Å². The van der Waals surface area contributed by atoms with Crippen LogP contribution >= 0.6 is 22.6 Å². The van der Waals surface area contributed by atoms with Crippen LogP contribution < -0.4 is 21.7 Å². The number of ether oxygens (including phenoxy) is 2. The first kappa shape index (κ1) is 30.2. The maximum Gasteiger partial charge on any atom is 0.407 e. The molecule has 0 radical (unpaired) electrons. The van der Waals surface area contributed by atoms with Gasteiger partial charge in [0.05, 0.1) is 18.6 Å². The Kier molecular flexibility index (Phi) is 13.5. The molecular weight excluding hydrogens is 557 g/mol. The van der Waals surface area contributed by atoms with Crippen LogP contribution in [0.2, 0.25) is 0 Å². The highest BCUT2D eigenvalue weighted by Gasteiger charge is 2.53. The summed E-state index contributed by atoms with van der Waals surface area (Å²) in [4.78, 5) is 36.7. The van der Waals surface area contributed by atoms with Crippen LogP contribution in [0.1, 0.15) is 53.4 Å². The molecule has 0 saturated heterocycles. The zero-order valence-corrected chi connectivity index (χ0v) is 22.6. The summed E-state index contributed by atoms with van der Waals surface area (Å²) in [7, 11) is 0. The quantitative estimate of drug-likeness (QED) is 0.0578. The maximum atomic E-state index is 12.6. The van der Waals surface area contributed by atoms with Crippen LogP contribution in [0, 0.1) is 23.2 Å². The van der Waals surface area contributed by atoms with Gasteiger partial charge in [0.2, 0.25) is 5.91 Å². The zero-order valence-electron chi connectivity index (χ0n) is 20.4. The van der Waals surface area contributed by atoms with E-state index in [-0.39, 0.29) is 36.9 Å². The second kappa shape index (κ2) is 15.2. The lowest BCUT2D eigenvalue weighted by atomic mass is 9.80. The Morgan fingerprint density at radius 3 is 2.41 bits per heavy atom. The largest absolute Gasteiger partial charge is 0.481 e. The van der Waals surface area contributed by atoms with Crippen molar-refractivity contribution in [3.05, 3.63) is 0 Å². The van der Waals surface area contributed by atoms with E-state index in [4.69, 9.17) is 20.6 Å². The third-order valence-electron chi connectivity index (χ3n) is 6.28. The number of halogens is 1. The number of amides is 2. The van der Waals surface area contributed by atoms with Crippen LogP contribution in [0.3, 0.4) is 0 Å². The van der Waals surface area contributed by atoms with E-state index in [1.165, 1.54) is 6.92 Å². The summed E-state index contributed by atoms with van der Waals surface area (Å²) in [6.07, 6.45) is 0.765. The molecule has 2 amide bonds. The molecule has 1 aliphatic carbocycles. The van der Waals surface area contributed by atoms with E-state index < -0.39 is 42.1 Å². The van der Waals surface area contributed by atoms with Gasteiger partial charge in [0, 0.05) is 35.9 Å². The van der Waals surface area contributed by atoms with Gasteiger partial charge in [-0.15, -0.1) is 0 Å². The van der Waals surface area contributed by atoms with Crippen molar-refractivity contribution < 1.29 is 29.0 Å². The highest BCUT2D eigenvalue weighted by atomic mass is 127. The SMILES string of the molecule is CCC(CC)[C@@H](NC(C)=O)[C@@H]1[C@H](OC(=O)NCCOC(C)CCI)[C@@H](C(=O)O)C[C@H]1NC(=N)N. The smallest absolute Gasteiger partial charge is 0.407 e. The van der Waals surface area contributed by atoms with Gasteiger partial charge in [0.1, 0.15) is 6.10 Å². The van der Waals surface area contributed by atoms with Crippen molar-refractivity contribution >= 4 is 46.5 Å². The number of hydrogen-bond acceptors (Lipinski definition) is 6. The van der Waals surface area contributed by atoms with Crippen LogP contribution in [-0.2, 0) is 19.1 Å². The van der Waals surface area contributed by atoms with Gasteiger partial charge in [-0.3, -0.25) is 15.0 Å². The molecule has 34 heavy (non-hydrogen) atoms. The number of carbonyl (C=O) groups excluding carboxylic acids is 2. The van der Waals surface area contributed by atoms with Crippen molar-refractivity contribution in [2.45, 2.75) is 77.7 Å². The molecule has 1 unspecified atom stereocenters. The molecule has 0 bridgehead atoms. The molecule has 1 fully saturated rings. The predicted octanol–water partition coefficient (Wildman–Crippen LogP) is 1.82. The molecule has 1 saturated carbocycles. The molecular formula is C22H40IN5O6. The van der Waals surface area contributed by atoms with Crippen molar-refractivity contribution in [1.82, 2.24) is 16.0 Å². The first-order chi connectivity index (χ1) is 16.0. The number of carbonyl (C=O) groups is 3. The number of rotatable bonds is 14. The van der Waals surface area contributed by atoms with Crippen LogP contribution in [0.4, 0.5) is 4.79 Å². The number of carboxylic acids is 1. The number of hydrogen-bond donors (Lipinski definition) is 6. The summed E-state index contributed by atoms with van der Waals surface area (Å²) in [6, 6.07) is -1.03. The first-order valence-corrected chi connectivity index (χ1v) is 13.3. The fourth-order valence-electron chi connectivity index (χ4n) is 4.65. The van der Waals surface area contributed by atoms with Gasteiger partial charge in [-0.25, -0.2) is 4.79 Å². The fourth-order valence-corrected chi connectivity index (χ4v) is 5.53. The summed E-state index contributed by atoms with van der Waals surface area (Å²) in [5.41, 5.74) is 5.58. The first-order valence-electron chi connectivity index (χ1n) is 11.8. The maximum absolute atomic E-state index is 12.6. The van der Waals surface area contributed by atoms with E-state index in [9.17, 15) is 19.5 Å². The second-order valence-corrected chi connectivity index (χ2v) is 9.76. The molecule has 12 heteroatoms. The lowest BCUT2D eigenvalue weighted by Gasteiger charge is -2.37. The van der Waals surface area contributed by atoms with Crippen molar-refractivity contribution in [3.8, 4) is 0 Å². The van der Waals surface area contributed by atoms with Crippen LogP contribution in [0.25, 0.3) is 0 Å². The van der Waals surface area contributed by atoms with E-state index in [1.54, 1.807) is 0 Å². The van der Waals surface area contributed by atoms with Gasteiger partial charge in [-0.05, 0) is 25.7 Å². The topological polar surface area (TPSA) is 176 Å². The Labute approximate surface area is 215 Å². The van der Waals surface area contributed by atoms with Crippen molar-refractivity contribution in [2.75, 3.05) is 17.6 Å². The monoisotopic (exact) mass is 597 g/mol. The number of nitrogens with one attached hydrogen (secondary N) is 4. The average molecular weight is 597 g/mol. The third-order valence-corrected chi connectivity index (χ3v) is 6.90. The van der Waals surface area contributed by atoms with Crippen molar-refractivity contribution in [1.29, 1.82) is 5.41 Å². The van der Waals surface area contributed by atoms with Gasteiger partial charge in [-0.2, -0.15) is 0 Å². The van der Waals surface area contributed by atoms with Crippen molar-refractivity contribution in [2.24, 2.45) is 23.5 Å². The van der Waals surface area contributed by atoms with Gasteiger partial charge in [0.15, 0.2) is 5.96 Å². The number of aliphatic carboxylic acids is 1.